The van der Waals surface area contributed by atoms with Gasteiger partial charge in [-0.25, -0.2) is 13.2 Å². The third-order valence-electron chi connectivity index (χ3n) is 5.02. The van der Waals surface area contributed by atoms with Crippen molar-refractivity contribution < 1.29 is 32.5 Å². The molecule has 0 spiro atoms. The zero-order valence-electron chi connectivity index (χ0n) is 19.0. The monoisotopic (exact) mass is 486 g/mol. The molecular formula is C24H26N2O7S. The van der Waals surface area contributed by atoms with Gasteiger partial charge in [0, 0.05) is 12.6 Å². The van der Waals surface area contributed by atoms with E-state index in [1.807, 2.05) is 12.1 Å². The minimum atomic E-state index is -4.11. The van der Waals surface area contributed by atoms with Gasteiger partial charge in [0.15, 0.2) is 11.5 Å². The van der Waals surface area contributed by atoms with Crippen LogP contribution in [0.3, 0.4) is 0 Å². The van der Waals surface area contributed by atoms with Crippen LogP contribution in [0.25, 0.3) is 0 Å². The Morgan fingerprint density at radius 3 is 2.35 bits per heavy atom. The average molecular weight is 487 g/mol. The quantitative estimate of drug-likeness (QED) is 0.373. The van der Waals surface area contributed by atoms with Gasteiger partial charge < -0.3 is 24.6 Å². The maximum absolute atomic E-state index is 13.2. The van der Waals surface area contributed by atoms with Gasteiger partial charge in [0.2, 0.25) is 0 Å². The molecule has 0 saturated heterocycles. The number of anilines is 2. The van der Waals surface area contributed by atoms with E-state index in [1.165, 1.54) is 25.3 Å². The van der Waals surface area contributed by atoms with Crippen LogP contribution in [-0.2, 0) is 16.4 Å². The first-order chi connectivity index (χ1) is 16.3. The summed E-state index contributed by atoms with van der Waals surface area (Å²) in [6.45, 7) is 0.392. The van der Waals surface area contributed by atoms with Crippen molar-refractivity contribution in [3.63, 3.8) is 0 Å². The molecule has 0 aromatic heterocycles. The third kappa shape index (κ3) is 5.90. The second kappa shape index (κ2) is 10.8. The summed E-state index contributed by atoms with van der Waals surface area (Å²) >= 11 is 0. The van der Waals surface area contributed by atoms with Gasteiger partial charge in [0.05, 0.1) is 38.3 Å². The number of carboxylic acid groups (broad SMARTS) is 1. The Hall–Kier alpha value is -3.92. The predicted octanol–water partition coefficient (Wildman–Crippen LogP) is 3.87. The number of aromatic carboxylic acids is 1. The molecule has 0 amide bonds. The zero-order valence-corrected chi connectivity index (χ0v) is 19.8. The van der Waals surface area contributed by atoms with Crippen molar-refractivity contribution in [2.24, 2.45) is 0 Å². The highest BCUT2D eigenvalue weighted by Gasteiger charge is 2.21. The smallest absolute Gasteiger partial charge is 0.335 e. The van der Waals surface area contributed by atoms with Crippen LogP contribution in [0, 0.1) is 0 Å². The van der Waals surface area contributed by atoms with Crippen molar-refractivity contribution in [1.29, 1.82) is 0 Å². The molecule has 0 aliphatic rings. The lowest BCUT2D eigenvalue weighted by molar-refractivity contribution is 0.0696. The molecular weight excluding hydrogens is 460 g/mol. The van der Waals surface area contributed by atoms with Gasteiger partial charge in [-0.15, -0.1) is 0 Å². The number of methoxy groups -OCH3 is 3. The summed E-state index contributed by atoms with van der Waals surface area (Å²) in [5.74, 6) is 0.458. The van der Waals surface area contributed by atoms with Crippen molar-refractivity contribution in [2.45, 2.75) is 11.3 Å². The molecule has 3 aromatic carbocycles. The topological polar surface area (TPSA) is 123 Å². The molecule has 0 atom stereocenters. The standard InChI is InChI=1S/C24H26N2O7S/c1-31-19-6-4-5-18(15-19)26-34(29,30)23-14-17(24(27)28)8-9-20(23)25-12-11-16-7-10-21(32-2)22(13-16)33-3/h4-10,13-15,25-26H,11-12H2,1-3H3,(H,27,28). The van der Waals surface area contributed by atoms with E-state index in [4.69, 9.17) is 14.2 Å². The van der Waals surface area contributed by atoms with E-state index in [0.29, 0.717) is 30.2 Å². The first-order valence-electron chi connectivity index (χ1n) is 10.3. The lowest BCUT2D eigenvalue weighted by atomic mass is 10.1. The van der Waals surface area contributed by atoms with Crippen molar-refractivity contribution in [1.82, 2.24) is 0 Å². The highest BCUT2D eigenvalue weighted by Crippen LogP contribution is 2.29. The van der Waals surface area contributed by atoms with Crippen LogP contribution < -0.4 is 24.2 Å². The Balaban J connectivity index is 1.84. The minimum Gasteiger partial charge on any atom is -0.497 e. The molecule has 9 nitrogen and oxygen atoms in total. The molecule has 0 unspecified atom stereocenters. The van der Waals surface area contributed by atoms with E-state index in [2.05, 4.69) is 10.0 Å². The normalized spacial score (nSPS) is 10.9. The predicted molar refractivity (Wildman–Crippen MR) is 129 cm³/mol. The van der Waals surface area contributed by atoms with E-state index < -0.39 is 16.0 Å². The van der Waals surface area contributed by atoms with E-state index in [1.54, 1.807) is 38.5 Å². The molecule has 0 aliphatic heterocycles. The van der Waals surface area contributed by atoms with Crippen LogP contribution in [-0.4, -0.2) is 47.4 Å². The van der Waals surface area contributed by atoms with Gasteiger partial charge in [-0.1, -0.05) is 12.1 Å². The number of benzene rings is 3. The fourth-order valence-corrected chi connectivity index (χ4v) is 4.56. The maximum Gasteiger partial charge on any atom is 0.335 e. The van der Waals surface area contributed by atoms with Crippen molar-refractivity contribution >= 4 is 27.4 Å². The Kier molecular flexibility index (Phi) is 7.85. The molecule has 10 heteroatoms. The molecule has 180 valence electrons. The fraction of sp³-hybridized carbons (Fsp3) is 0.208. The van der Waals surface area contributed by atoms with Gasteiger partial charge in [-0.3, -0.25) is 4.72 Å². The number of hydrogen-bond acceptors (Lipinski definition) is 7. The second-order valence-electron chi connectivity index (χ2n) is 7.22. The maximum atomic E-state index is 13.2. The fourth-order valence-electron chi connectivity index (χ4n) is 3.30. The Morgan fingerprint density at radius 1 is 0.912 bits per heavy atom. The SMILES string of the molecule is COc1cccc(NS(=O)(=O)c2cc(C(=O)O)ccc2NCCc2ccc(OC)c(OC)c2)c1. The first-order valence-corrected chi connectivity index (χ1v) is 11.7. The summed E-state index contributed by atoms with van der Waals surface area (Å²) in [5.41, 5.74) is 1.37. The Morgan fingerprint density at radius 2 is 1.68 bits per heavy atom. The number of sulfonamides is 1. The number of carboxylic acids is 1. The summed E-state index contributed by atoms with van der Waals surface area (Å²) in [7, 11) is 0.478. The Labute approximate surface area is 198 Å². The molecule has 0 fully saturated rings. The average Bonchev–Trinajstić information content (AvgIpc) is 2.83. The van der Waals surface area contributed by atoms with Crippen molar-refractivity contribution in [2.75, 3.05) is 37.9 Å². The van der Waals surface area contributed by atoms with Crippen LogP contribution in [0.1, 0.15) is 15.9 Å². The minimum absolute atomic E-state index is 0.142. The molecule has 0 bridgehead atoms. The van der Waals surface area contributed by atoms with E-state index in [9.17, 15) is 18.3 Å². The van der Waals surface area contributed by atoms with Crippen LogP contribution in [0.4, 0.5) is 11.4 Å². The van der Waals surface area contributed by atoms with Crippen molar-refractivity contribution in [3.8, 4) is 17.2 Å². The molecule has 3 N–H and O–H groups in total. The second-order valence-corrected chi connectivity index (χ2v) is 8.87. The van der Waals surface area contributed by atoms with E-state index >= 15 is 0 Å². The van der Waals surface area contributed by atoms with E-state index in [0.717, 1.165) is 11.6 Å². The lowest BCUT2D eigenvalue weighted by Gasteiger charge is -2.15. The number of carbonyl (C=O) groups is 1. The van der Waals surface area contributed by atoms with E-state index in [-0.39, 0.29) is 21.8 Å². The van der Waals surface area contributed by atoms with Crippen LogP contribution in [0.15, 0.2) is 65.6 Å². The van der Waals surface area contributed by atoms with Crippen LogP contribution in [0.5, 0.6) is 17.2 Å². The van der Waals surface area contributed by atoms with Gasteiger partial charge in [-0.05, 0) is 54.4 Å². The molecule has 0 radical (unpaired) electrons. The number of hydrogen-bond donors (Lipinski definition) is 3. The van der Waals surface area contributed by atoms with Crippen molar-refractivity contribution in [3.05, 3.63) is 71.8 Å². The summed E-state index contributed by atoms with van der Waals surface area (Å²) in [5, 5.41) is 12.5. The lowest BCUT2D eigenvalue weighted by Crippen LogP contribution is -2.17. The van der Waals surface area contributed by atoms with Crippen LogP contribution in [0.2, 0.25) is 0 Å². The largest absolute Gasteiger partial charge is 0.497 e. The molecule has 34 heavy (non-hydrogen) atoms. The summed E-state index contributed by atoms with van der Waals surface area (Å²) in [6, 6.07) is 15.9. The Bertz CT molecular complexity index is 1280. The number of nitrogens with one attached hydrogen (secondary N) is 2. The number of ether oxygens (including phenoxy) is 3. The molecule has 3 aromatic rings. The van der Waals surface area contributed by atoms with Crippen LogP contribution >= 0.6 is 0 Å². The zero-order chi connectivity index (χ0) is 24.7. The molecule has 0 aliphatic carbocycles. The first kappa shape index (κ1) is 24.7. The van der Waals surface area contributed by atoms with Gasteiger partial charge in [0.25, 0.3) is 10.0 Å². The van der Waals surface area contributed by atoms with Gasteiger partial charge in [-0.2, -0.15) is 0 Å². The third-order valence-corrected chi connectivity index (χ3v) is 6.44. The highest BCUT2D eigenvalue weighted by atomic mass is 32.2. The summed E-state index contributed by atoms with van der Waals surface area (Å²) in [6.07, 6.45) is 0.559. The summed E-state index contributed by atoms with van der Waals surface area (Å²) in [4.78, 5) is 11.3. The highest BCUT2D eigenvalue weighted by molar-refractivity contribution is 7.92. The summed E-state index contributed by atoms with van der Waals surface area (Å²) < 4.78 is 44.5. The molecule has 0 heterocycles. The molecule has 3 rings (SSSR count). The van der Waals surface area contributed by atoms with Gasteiger partial charge in [0.1, 0.15) is 10.6 Å². The number of rotatable bonds is 11. The molecule has 0 saturated carbocycles. The van der Waals surface area contributed by atoms with Gasteiger partial charge >= 0.3 is 5.97 Å².